The average Bonchev–Trinajstić information content (AvgIpc) is 3.03. The number of aryl methyl sites for hydroxylation is 1. The zero-order chi connectivity index (χ0) is 17.6. The third-order valence-corrected chi connectivity index (χ3v) is 5.71. The lowest BCUT2D eigenvalue weighted by Gasteiger charge is -2.15. The Bertz CT molecular complexity index is 715. The second-order valence-electron chi connectivity index (χ2n) is 6.11. The number of nitrogens with zero attached hydrogens (tertiary/aromatic N) is 2. The molecule has 1 aromatic heterocycles. The van der Waals surface area contributed by atoms with Crippen LogP contribution in [0.2, 0.25) is 0 Å². The van der Waals surface area contributed by atoms with E-state index in [4.69, 9.17) is 14.6 Å². The van der Waals surface area contributed by atoms with Crippen LogP contribution >= 0.6 is 11.8 Å². The van der Waals surface area contributed by atoms with Crippen LogP contribution in [0.1, 0.15) is 45.4 Å². The molecule has 1 aromatic carbocycles. The minimum absolute atomic E-state index is 0.204. The highest BCUT2D eigenvalue weighted by molar-refractivity contribution is 7.98. The van der Waals surface area contributed by atoms with Crippen LogP contribution in [0.5, 0.6) is 0 Å². The van der Waals surface area contributed by atoms with Crippen LogP contribution in [-0.2, 0) is 28.2 Å². The molecule has 1 aliphatic heterocycles. The van der Waals surface area contributed by atoms with Gasteiger partial charge in [-0.3, -0.25) is 4.68 Å². The lowest BCUT2D eigenvalue weighted by molar-refractivity contribution is 0.0598. The van der Waals surface area contributed by atoms with Gasteiger partial charge in [-0.1, -0.05) is 30.3 Å². The molecule has 5 nitrogen and oxygen atoms in total. The number of hydrogen-bond donors (Lipinski definition) is 0. The summed E-state index contributed by atoms with van der Waals surface area (Å²) in [4.78, 5) is 12.3. The number of carbonyl (C=O) groups is 1. The zero-order valence-electron chi connectivity index (χ0n) is 14.7. The number of rotatable bonds is 7. The highest BCUT2D eigenvalue weighted by Crippen LogP contribution is 2.33. The van der Waals surface area contributed by atoms with Gasteiger partial charge in [0.25, 0.3) is 0 Å². The molecule has 0 bridgehead atoms. The summed E-state index contributed by atoms with van der Waals surface area (Å²) in [5.41, 5.74) is 3.74. The van der Waals surface area contributed by atoms with E-state index in [0.717, 1.165) is 37.2 Å². The van der Waals surface area contributed by atoms with Crippen molar-refractivity contribution in [2.45, 2.75) is 36.8 Å². The van der Waals surface area contributed by atoms with Gasteiger partial charge in [-0.2, -0.15) is 5.10 Å². The molecule has 134 valence electrons. The maximum absolute atomic E-state index is 12.3. The second kappa shape index (κ2) is 8.54. The number of carbonyl (C=O) groups excluding carboxylic acids is 1. The minimum Gasteiger partial charge on any atom is -0.465 e. The number of fused-ring (bicyclic) bond motifs is 1. The molecule has 3 rings (SSSR count). The number of hydrogen-bond acceptors (Lipinski definition) is 5. The van der Waals surface area contributed by atoms with Gasteiger partial charge in [0.05, 0.1) is 30.4 Å². The number of aromatic nitrogens is 2. The van der Waals surface area contributed by atoms with Gasteiger partial charge in [0, 0.05) is 19.4 Å². The summed E-state index contributed by atoms with van der Waals surface area (Å²) < 4.78 is 12.4. The van der Waals surface area contributed by atoms with Gasteiger partial charge < -0.3 is 9.47 Å². The Balaban J connectivity index is 1.82. The third kappa shape index (κ3) is 4.07. The quantitative estimate of drug-likeness (QED) is 0.706. The van der Waals surface area contributed by atoms with Gasteiger partial charge in [-0.15, -0.1) is 11.8 Å². The smallest absolute Gasteiger partial charge is 0.341 e. The molecule has 0 aliphatic carbocycles. The van der Waals surface area contributed by atoms with Crippen molar-refractivity contribution in [3.05, 3.63) is 52.8 Å². The summed E-state index contributed by atoms with van der Waals surface area (Å²) >= 11 is 1.75. The maximum Gasteiger partial charge on any atom is 0.341 e. The van der Waals surface area contributed by atoms with E-state index in [-0.39, 0.29) is 11.2 Å². The highest BCUT2D eigenvalue weighted by Gasteiger charge is 2.26. The molecule has 1 unspecified atom stereocenters. The van der Waals surface area contributed by atoms with E-state index in [1.807, 2.05) is 22.9 Å². The molecule has 1 aliphatic rings. The zero-order valence-corrected chi connectivity index (χ0v) is 15.6. The van der Waals surface area contributed by atoms with Crippen molar-refractivity contribution in [3.8, 4) is 0 Å². The number of ether oxygens (including phenoxy) is 2. The first kappa shape index (κ1) is 18.0. The van der Waals surface area contributed by atoms with E-state index in [0.29, 0.717) is 17.9 Å². The Morgan fingerprint density at radius 3 is 2.80 bits per heavy atom. The maximum atomic E-state index is 12.3. The fourth-order valence-corrected chi connectivity index (χ4v) is 4.37. The fraction of sp³-hybridized carbons (Fsp3) is 0.474. The second-order valence-corrected chi connectivity index (χ2v) is 7.30. The average molecular weight is 360 g/mol. The van der Waals surface area contributed by atoms with E-state index < -0.39 is 0 Å². The first-order valence-electron chi connectivity index (χ1n) is 8.57. The van der Waals surface area contributed by atoms with Crippen LogP contribution in [0.4, 0.5) is 0 Å². The van der Waals surface area contributed by atoms with Crippen LogP contribution in [-0.4, -0.2) is 36.6 Å². The predicted molar refractivity (Wildman–Crippen MR) is 98.9 cm³/mol. The molecule has 0 amide bonds. The van der Waals surface area contributed by atoms with Gasteiger partial charge in [0.2, 0.25) is 0 Å². The SMILES string of the molecule is COCC(SCc1nn2c(c1C(=O)OC)CCCC2)c1ccccc1. The third-order valence-electron chi connectivity index (χ3n) is 4.46. The molecule has 0 spiro atoms. The normalized spacial score (nSPS) is 14.8. The molecule has 0 N–H and O–H groups in total. The van der Waals surface area contributed by atoms with E-state index in [2.05, 4.69) is 12.1 Å². The number of thioether (sulfide) groups is 1. The standard InChI is InChI=1S/C19H24N2O3S/c1-23-12-17(14-8-4-3-5-9-14)25-13-15-18(19(22)24-2)16-10-6-7-11-21(16)20-15/h3-5,8-9,17H,6-7,10-13H2,1-2H3. The molecule has 25 heavy (non-hydrogen) atoms. The molecular formula is C19H24N2O3S. The first-order valence-corrected chi connectivity index (χ1v) is 9.61. The molecule has 6 heteroatoms. The first-order chi connectivity index (χ1) is 12.2. The van der Waals surface area contributed by atoms with E-state index in [1.54, 1.807) is 18.9 Å². The molecule has 1 atom stereocenters. The number of methoxy groups -OCH3 is 2. The van der Waals surface area contributed by atoms with E-state index in [1.165, 1.54) is 12.7 Å². The van der Waals surface area contributed by atoms with Crippen molar-refractivity contribution >= 4 is 17.7 Å². The van der Waals surface area contributed by atoms with E-state index >= 15 is 0 Å². The summed E-state index contributed by atoms with van der Waals surface area (Å²) in [6.07, 6.45) is 3.10. The van der Waals surface area contributed by atoms with E-state index in [9.17, 15) is 4.79 Å². The van der Waals surface area contributed by atoms with Crippen molar-refractivity contribution in [1.29, 1.82) is 0 Å². The van der Waals surface area contributed by atoms with Crippen molar-refractivity contribution in [1.82, 2.24) is 9.78 Å². The Hall–Kier alpha value is -1.79. The van der Waals surface area contributed by atoms with Crippen molar-refractivity contribution in [2.75, 3.05) is 20.8 Å². The fourth-order valence-electron chi connectivity index (χ4n) is 3.22. The molecule has 0 radical (unpaired) electrons. The summed E-state index contributed by atoms with van der Waals surface area (Å²) in [5, 5.41) is 4.90. The lowest BCUT2D eigenvalue weighted by atomic mass is 10.1. The Labute approximate surface area is 152 Å². The monoisotopic (exact) mass is 360 g/mol. The van der Waals surface area contributed by atoms with Gasteiger partial charge in [0.1, 0.15) is 5.56 Å². The van der Waals surface area contributed by atoms with Gasteiger partial charge in [-0.25, -0.2) is 4.79 Å². The van der Waals surface area contributed by atoms with Crippen molar-refractivity contribution in [3.63, 3.8) is 0 Å². The van der Waals surface area contributed by atoms with Crippen molar-refractivity contribution in [2.24, 2.45) is 0 Å². The molecule has 2 heterocycles. The largest absolute Gasteiger partial charge is 0.465 e. The summed E-state index contributed by atoms with van der Waals surface area (Å²) in [6, 6.07) is 10.3. The summed E-state index contributed by atoms with van der Waals surface area (Å²) in [6.45, 7) is 1.50. The van der Waals surface area contributed by atoms with Crippen molar-refractivity contribution < 1.29 is 14.3 Å². The van der Waals surface area contributed by atoms with Crippen LogP contribution < -0.4 is 0 Å². The predicted octanol–water partition coefficient (Wildman–Crippen LogP) is 3.63. The summed E-state index contributed by atoms with van der Waals surface area (Å²) in [5.74, 6) is 0.384. The van der Waals surface area contributed by atoms with Crippen LogP contribution in [0.3, 0.4) is 0 Å². The highest BCUT2D eigenvalue weighted by atomic mass is 32.2. The number of benzene rings is 1. The van der Waals surface area contributed by atoms with Gasteiger partial charge >= 0.3 is 5.97 Å². The molecule has 2 aromatic rings. The minimum atomic E-state index is -0.276. The van der Waals surface area contributed by atoms with Crippen LogP contribution in [0, 0.1) is 0 Å². The molecular weight excluding hydrogens is 336 g/mol. The Morgan fingerprint density at radius 1 is 1.28 bits per heavy atom. The van der Waals surface area contributed by atoms with Gasteiger partial charge in [0.15, 0.2) is 0 Å². The molecule has 0 fully saturated rings. The topological polar surface area (TPSA) is 53.4 Å². The van der Waals surface area contributed by atoms with Crippen LogP contribution in [0.15, 0.2) is 30.3 Å². The molecule has 0 saturated carbocycles. The Morgan fingerprint density at radius 2 is 2.08 bits per heavy atom. The van der Waals surface area contributed by atoms with Gasteiger partial charge in [-0.05, 0) is 24.8 Å². The molecule has 0 saturated heterocycles. The van der Waals surface area contributed by atoms with Crippen LogP contribution in [0.25, 0.3) is 0 Å². The number of esters is 1. The summed E-state index contributed by atoms with van der Waals surface area (Å²) in [7, 11) is 3.15. The Kier molecular flexibility index (Phi) is 6.15. The lowest BCUT2D eigenvalue weighted by Crippen LogP contribution is -2.14.